The van der Waals surface area contributed by atoms with E-state index in [4.69, 9.17) is 5.73 Å². The van der Waals surface area contributed by atoms with Gasteiger partial charge in [0.15, 0.2) is 0 Å². The van der Waals surface area contributed by atoms with E-state index in [1.54, 1.807) is 6.92 Å². The van der Waals surface area contributed by atoms with E-state index in [0.717, 1.165) is 50.8 Å². The van der Waals surface area contributed by atoms with E-state index in [2.05, 4.69) is 51.1 Å². The Labute approximate surface area is 174 Å². The third-order valence-corrected chi connectivity index (χ3v) is 7.03. The fraction of sp³-hybridized carbons (Fsp3) is 0.583. The highest BCUT2D eigenvalue weighted by molar-refractivity contribution is 5.98. The number of primary amides is 1. The van der Waals surface area contributed by atoms with Crippen LogP contribution in [0, 0.1) is 5.41 Å². The number of carbonyl (C=O) groups is 2. The van der Waals surface area contributed by atoms with Gasteiger partial charge in [0.2, 0.25) is 11.8 Å². The largest absolute Gasteiger partial charge is 0.366 e. The van der Waals surface area contributed by atoms with Gasteiger partial charge >= 0.3 is 0 Å². The molecule has 0 saturated carbocycles. The maximum Gasteiger partial charge on any atom is 0.249 e. The van der Waals surface area contributed by atoms with Crippen LogP contribution in [0.3, 0.4) is 0 Å². The van der Waals surface area contributed by atoms with Crippen LogP contribution in [0.4, 0.5) is 0 Å². The summed E-state index contributed by atoms with van der Waals surface area (Å²) in [6, 6.07) is 6.14. The summed E-state index contributed by atoms with van der Waals surface area (Å²) in [6.45, 7) is 7.71. The molecule has 0 spiro atoms. The number of carbonyl (C=O) groups excluding carboxylic acids is 2. The van der Waals surface area contributed by atoms with Gasteiger partial charge in [0.25, 0.3) is 0 Å². The van der Waals surface area contributed by atoms with E-state index >= 15 is 0 Å². The highest BCUT2D eigenvalue weighted by Gasteiger charge is 2.39. The van der Waals surface area contributed by atoms with Gasteiger partial charge in [-0.2, -0.15) is 0 Å². The van der Waals surface area contributed by atoms with Gasteiger partial charge in [-0.25, -0.2) is 0 Å². The van der Waals surface area contributed by atoms with Gasteiger partial charge in [-0.15, -0.1) is 0 Å². The topological polar surface area (TPSA) is 66.6 Å². The molecule has 29 heavy (non-hydrogen) atoms. The van der Waals surface area contributed by atoms with E-state index in [0.29, 0.717) is 11.0 Å². The Kier molecular flexibility index (Phi) is 5.91. The first-order valence-electron chi connectivity index (χ1n) is 10.6. The molecule has 1 aromatic rings. The Bertz CT molecular complexity index is 831. The Hall–Kier alpha value is -2.14. The standard InChI is InChI=1S/C24H35N3O2/c1-17(28)27-14-12-24(13-15-27,26(4)5)19-6-7-20(22(25)29)21(16-19)18-8-10-23(2,3)11-9-18/h6-8,16H,9-15H2,1-5H3,(H2,25,29). The predicted molar refractivity (Wildman–Crippen MR) is 117 cm³/mol. The molecule has 2 N–H and O–H groups in total. The lowest BCUT2D eigenvalue weighted by Gasteiger charge is -2.46. The zero-order valence-corrected chi connectivity index (χ0v) is 18.5. The molecule has 1 saturated heterocycles. The van der Waals surface area contributed by atoms with Crippen LogP contribution in [0.1, 0.15) is 74.4 Å². The van der Waals surface area contributed by atoms with Crippen molar-refractivity contribution in [3.8, 4) is 0 Å². The summed E-state index contributed by atoms with van der Waals surface area (Å²) >= 11 is 0. The van der Waals surface area contributed by atoms with E-state index in [1.807, 2.05) is 11.0 Å². The fourth-order valence-corrected chi connectivity index (χ4v) is 4.82. The molecule has 0 unspecified atom stereocenters. The van der Waals surface area contributed by atoms with Gasteiger partial charge in [0.05, 0.1) is 0 Å². The first-order chi connectivity index (χ1) is 13.6. The smallest absolute Gasteiger partial charge is 0.249 e. The lowest BCUT2D eigenvalue weighted by Crippen LogP contribution is -2.51. The van der Waals surface area contributed by atoms with Crippen LogP contribution in [-0.4, -0.2) is 48.8 Å². The second-order valence-electron chi connectivity index (χ2n) is 9.65. The number of rotatable bonds is 4. The van der Waals surface area contributed by atoms with Crippen molar-refractivity contribution in [2.75, 3.05) is 27.2 Å². The monoisotopic (exact) mass is 397 g/mol. The van der Waals surface area contributed by atoms with E-state index in [9.17, 15) is 9.59 Å². The number of hydrogen-bond donors (Lipinski definition) is 1. The maximum absolute atomic E-state index is 12.2. The molecule has 5 heteroatoms. The molecule has 1 fully saturated rings. The van der Waals surface area contributed by atoms with Crippen LogP contribution in [-0.2, 0) is 10.3 Å². The normalized spacial score (nSPS) is 21.0. The Morgan fingerprint density at radius 2 is 1.76 bits per heavy atom. The number of nitrogens with zero attached hydrogens (tertiary/aromatic N) is 2. The van der Waals surface area contributed by atoms with Crippen LogP contribution in [0.15, 0.2) is 24.3 Å². The Balaban J connectivity index is 2.02. The second-order valence-corrected chi connectivity index (χ2v) is 9.65. The molecular formula is C24H35N3O2. The number of likely N-dealkylation sites (tertiary alicyclic amines) is 1. The minimum atomic E-state index is -0.373. The zero-order chi connectivity index (χ0) is 21.4. The summed E-state index contributed by atoms with van der Waals surface area (Å²) in [5.74, 6) is -0.236. The molecule has 0 radical (unpaired) electrons. The summed E-state index contributed by atoms with van der Waals surface area (Å²) in [7, 11) is 4.21. The number of hydrogen-bond acceptors (Lipinski definition) is 3. The van der Waals surface area contributed by atoms with Crippen molar-refractivity contribution in [2.45, 2.75) is 58.4 Å². The number of allylic oxidation sites excluding steroid dienone is 2. The Morgan fingerprint density at radius 3 is 2.24 bits per heavy atom. The summed E-state index contributed by atoms with van der Waals surface area (Å²) in [5.41, 5.74) is 9.91. The Morgan fingerprint density at radius 1 is 1.10 bits per heavy atom. The minimum Gasteiger partial charge on any atom is -0.366 e. The molecule has 0 bridgehead atoms. The summed E-state index contributed by atoms with van der Waals surface area (Å²) < 4.78 is 0. The van der Waals surface area contributed by atoms with Gasteiger partial charge < -0.3 is 10.6 Å². The van der Waals surface area contributed by atoms with Crippen LogP contribution in [0.2, 0.25) is 0 Å². The summed E-state index contributed by atoms with van der Waals surface area (Å²) in [5, 5.41) is 0. The zero-order valence-electron chi connectivity index (χ0n) is 18.5. The van der Waals surface area contributed by atoms with Crippen molar-refractivity contribution in [3.63, 3.8) is 0 Å². The van der Waals surface area contributed by atoms with Crippen molar-refractivity contribution < 1.29 is 9.59 Å². The first kappa shape index (κ1) is 21.6. The highest BCUT2D eigenvalue weighted by Crippen LogP contribution is 2.42. The molecular weight excluding hydrogens is 362 g/mol. The number of nitrogens with two attached hydrogens (primary N) is 1. The second kappa shape index (κ2) is 7.94. The molecule has 0 aromatic heterocycles. The third kappa shape index (κ3) is 4.25. The molecule has 3 rings (SSSR count). The number of amides is 2. The molecule has 1 heterocycles. The number of benzene rings is 1. The molecule has 158 valence electrons. The van der Waals surface area contributed by atoms with Crippen molar-refractivity contribution in [3.05, 3.63) is 41.0 Å². The maximum atomic E-state index is 12.2. The highest BCUT2D eigenvalue weighted by atomic mass is 16.2. The average molecular weight is 398 g/mol. The molecule has 5 nitrogen and oxygen atoms in total. The van der Waals surface area contributed by atoms with Crippen LogP contribution in [0.5, 0.6) is 0 Å². The average Bonchev–Trinajstić information content (AvgIpc) is 2.67. The van der Waals surface area contributed by atoms with Crippen molar-refractivity contribution in [1.82, 2.24) is 9.80 Å². The van der Waals surface area contributed by atoms with Crippen molar-refractivity contribution in [2.24, 2.45) is 11.1 Å². The van der Waals surface area contributed by atoms with E-state index in [-0.39, 0.29) is 17.4 Å². The van der Waals surface area contributed by atoms with Crippen LogP contribution in [0.25, 0.3) is 5.57 Å². The van der Waals surface area contributed by atoms with Gasteiger partial charge in [-0.05, 0) is 80.4 Å². The van der Waals surface area contributed by atoms with Gasteiger partial charge in [-0.3, -0.25) is 14.5 Å². The molecule has 1 aromatic carbocycles. The number of piperidine rings is 1. The quantitative estimate of drug-likeness (QED) is 0.841. The minimum absolute atomic E-state index is 0.136. The van der Waals surface area contributed by atoms with Crippen LogP contribution < -0.4 is 5.73 Å². The first-order valence-corrected chi connectivity index (χ1v) is 10.6. The molecule has 2 amide bonds. The fourth-order valence-electron chi connectivity index (χ4n) is 4.82. The lowest BCUT2D eigenvalue weighted by atomic mass is 9.74. The van der Waals surface area contributed by atoms with E-state index in [1.165, 1.54) is 11.1 Å². The molecule has 2 aliphatic rings. The van der Waals surface area contributed by atoms with Gasteiger partial charge in [0.1, 0.15) is 0 Å². The van der Waals surface area contributed by atoms with Crippen molar-refractivity contribution in [1.29, 1.82) is 0 Å². The SMILES string of the molecule is CC(=O)N1CCC(c2ccc(C(N)=O)c(C3=CCC(C)(C)CC3)c2)(N(C)C)CC1. The van der Waals surface area contributed by atoms with Crippen molar-refractivity contribution >= 4 is 17.4 Å². The summed E-state index contributed by atoms with van der Waals surface area (Å²) in [6.07, 6.45) is 7.12. The van der Waals surface area contributed by atoms with E-state index < -0.39 is 0 Å². The van der Waals surface area contributed by atoms with Gasteiger partial charge in [-0.1, -0.05) is 26.0 Å². The summed E-state index contributed by atoms with van der Waals surface area (Å²) in [4.78, 5) is 28.1. The molecule has 1 aliphatic heterocycles. The molecule has 0 atom stereocenters. The third-order valence-electron chi connectivity index (χ3n) is 7.03. The van der Waals surface area contributed by atoms with Gasteiger partial charge in [0, 0.05) is 31.1 Å². The van der Waals surface area contributed by atoms with Crippen LogP contribution >= 0.6 is 0 Å². The lowest BCUT2D eigenvalue weighted by molar-refractivity contribution is -0.131. The molecule has 1 aliphatic carbocycles. The predicted octanol–water partition coefficient (Wildman–Crippen LogP) is 3.78.